The summed E-state index contributed by atoms with van der Waals surface area (Å²) < 4.78 is 1.40. The van der Waals surface area contributed by atoms with Crippen LogP contribution in [0.1, 0.15) is 37.6 Å². The van der Waals surface area contributed by atoms with Crippen LogP contribution in [-0.2, 0) is 11.3 Å². The minimum Gasteiger partial charge on any atom is -0.347 e. The number of hydrogen-bond acceptors (Lipinski definition) is 5. The van der Waals surface area contributed by atoms with Gasteiger partial charge in [-0.2, -0.15) is 5.10 Å². The van der Waals surface area contributed by atoms with Gasteiger partial charge in [0, 0.05) is 19.2 Å². The summed E-state index contributed by atoms with van der Waals surface area (Å²) in [5.41, 5.74) is 1.80. The van der Waals surface area contributed by atoms with E-state index in [4.69, 9.17) is 0 Å². The standard InChI is InChI=1S/C16H21N5O3/c1-11(2)15(16-12(3)5-4-7-17-16)19-14(22)6-8-20-10-13(9-18-20)21(23)24/h4-5,7,9-11,15H,6,8H2,1-3H3,(H,19,22)/t15-/m1/s1. The highest BCUT2D eigenvalue weighted by molar-refractivity contribution is 5.76. The number of amides is 1. The molecule has 0 saturated heterocycles. The van der Waals surface area contributed by atoms with E-state index in [0.29, 0.717) is 0 Å². The predicted octanol–water partition coefficient (Wildman–Crippen LogP) is 2.40. The average Bonchev–Trinajstić information content (AvgIpc) is 3.00. The van der Waals surface area contributed by atoms with E-state index in [-0.39, 0.29) is 36.5 Å². The molecule has 2 rings (SSSR count). The van der Waals surface area contributed by atoms with E-state index < -0.39 is 4.92 Å². The first kappa shape index (κ1) is 17.6. The minimum atomic E-state index is -0.512. The zero-order valence-electron chi connectivity index (χ0n) is 14.0. The van der Waals surface area contributed by atoms with Crippen molar-refractivity contribution in [2.75, 3.05) is 0 Å². The van der Waals surface area contributed by atoms with Crippen LogP contribution in [0.3, 0.4) is 0 Å². The van der Waals surface area contributed by atoms with Crippen molar-refractivity contribution in [2.24, 2.45) is 5.92 Å². The number of carbonyl (C=O) groups excluding carboxylic acids is 1. The summed E-state index contributed by atoms with van der Waals surface area (Å²) in [5, 5.41) is 17.5. The topological polar surface area (TPSA) is 103 Å². The largest absolute Gasteiger partial charge is 0.347 e. The lowest BCUT2D eigenvalue weighted by Crippen LogP contribution is -2.33. The molecule has 128 valence electrons. The van der Waals surface area contributed by atoms with E-state index in [1.807, 2.05) is 32.9 Å². The molecule has 0 aromatic carbocycles. The lowest BCUT2D eigenvalue weighted by Gasteiger charge is -2.23. The zero-order valence-corrected chi connectivity index (χ0v) is 14.0. The van der Waals surface area contributed by atoms with Gasteiger partial charge in [0.05, 0.1) is 16.7 Å². The Morgan fingerprint density at radius 2 is 2.21 bits per heavy atom. The van der Waals surface area contributed by atoms with Crippen LogP contribution in [0.25, 0.3) is 0 Å². The molecule has 8 nitrogen and oxygen atoms in total. The van der Waals surface area contributed by atoms with E-state index >= 15 is 0 Å². The molecule has 1 amide bonds. The maximum atomic E-state index is 12.2. The van der Waals surface area contributed by atoms with Gasteiger partial charge >= 0.3 is 5.69 Å². The molecule has 0 aliphatic carbocycles. The van der Waals surface area contributed by atoms with Gasteiger partial charge in [-0.25, -0.2) is 0 Å². The molecule has 0 saturated carbocycles. The summed E-state index contributed by atoms with van der Waals surface area (Å²) in [6, 6.07) is 3.65. The van der Waals surface area contributed by atoms with Gasteiger partial charge in [0.15, 0.2) is 0 Å². The van der Waals surface area contributed by atoms with Crippen molar-refractivity contribution in [3.63, 3.8) is 0 Å². The number of aryl methyl sites for hydroxylation is 2. The van der Waals surface area contributed by atoms with Crippen LogP contribution in [0.15, 0.2) is 30.7 Å². The number of rotatable bonds is 7. The molecule has 2 aromatic heterocycles. The van der Waals surface area contributed by atoms with E-state index in [9.17, 15) is 14.9 Å². The highest BCUT2D eigenvalue weighted by Gasteiger charge is 2.21. The SMILES string of the molecule is Cc1cccnc1[C@H](NC(=O)CCn1cc([N+](=O)[O-])cn1)C(C)C. The van der Waals surface area contributed by atoms with Crippen molar-refractivity contribution in [3.8, 4) is 0 Å². The van der Waals surface area contributed by atoms with Crippen LogP contribution in [0.2, 0.25) is 0 Å². The third kappa shape index (κ3) is 4.37. The molecule has 1 N–H and O–H groups in total. The van der Waals surface area contributed by atoms with Crippen molar-refractivity contribution < 1.29 is 9.72 Å². The van der Waals surface area contributed by atoms with Crippen molar-refractivity contribution in [3.05, 3.63) is 52.1 Å². The molecule has 2 aromatic rings. The number of aromatic nitrogens is 3. The van der Waals surface area contributed by atoms with Gasteiger partial charge in [-0.3, -0.25) is 24.6 Å². The number of carbonyl (C=O) groups is 1. The van der Waals surface area contributed by atoms with E-state index in [1.54, 1.807) is 6.20 Å². The number of nitrogens with zero attached hydrogens (tertiary/aromatic N) is 4. The van der Waals surface area contributed by atoms with Crippen LogP contribution in [0, 0.1) is 23.0 Å². The van der Waals surface area contributed by atoms with Gasteiger partial charge in [-0.15, -0.1) is 0 Å². The molecule has 0 bridgehead atoms. The van der Waals surface area contributed by atoms with Crippen LogP contribution < -0.4 is 5.32 Å². The van der Waals surface area contributed by atoms with Gasteiger partial charge in [-0.1, -0.05) is 19.9 Å². The first-order valence-corrected chi connectivity index (χ1v) is 7.76. The highest BCUT2D eigenvalue weighted by Crippen LogP contribution is 2.22. The summed E-state index contributed by atoms with van der Waals surface area (Å²) in [5.74, 6) is 0.0465. The zero-order chi connectivity index (χ0) is 17.7. The van der Waals surface area contributed by atoms with Gasteiger partial charge in [0.1, 0.15) is 12.4 Å². The molecule has 0 radical (unpaired) electrons. The van der Waals surface area contributed by atoms with Crippen LogP contribution in [-0.4, -0.2) is 25.6 Å². The molecular weight excluding hydrogens is 310 g/mol. The van der Waals surface area contributed by atoms with Gasteiger partial charge < -0.3 is 5.32 Å². The third-order valence-corrected chi connectivity index (χ3v) is 3.73. The Kier molecular flexibility index (Phi) is 5.62. The Morgan fingerprint density at radius 1 is 1.46 bits per heavy atom. The smallest absolute Gasteiger partial charge is 0.306 e. The van der Waals surface area contributed by atoms with E-state index in [1.165, 1.54) is 17.1 Å². The fourth-order valence-corrected chi connectivity index (χ4v) is 2.41. The molecular formula is C16H21N5O3. The molecule has 1 atom stereocenters. The van der Waals surface area contributed by atoms with Crippen LogP contribution in [0.4, 0.5) is 5.69 Å². The molecule has 0 aliphatic rings. The maximum Gasteiger partial charge on any atom is 0.306 e. The second-order valence-corrected chi connectivity index (χ2v) is 5.96. The van der Waals surface area contributed by atoms with Gasteiger partial charge in [0.2, 0.25) is 5.91 Å². The summed E-state index contributed by atoms with van der Waals surface area (Å²) in [4.78, 5) is 26.7. The predicted molar refractivity (Wildman–Crippen MR) is 88.2 cm³/mol. The molecule has 8 heteroatoms. The van der Waals surface area contributed by atoms with Crippen molar-refractivity contribution in [1.29, 1.82) is 0 Å². The second-order valence-electron chi connectivity index (χ2n) is 5.96. The van der Waals surface area contributed by atoms with Crippen molar-refractivity contribution in [1.82, 2.24) is 20.1 Å². The Hall–Kier alpha value is -2.77. The van der Waals surface area contributed by atoms with Gasteiger partial charge in [-0.05, 0) is 24.5 Å². The fraction of sp³-hybridized carbons (Fsp3) is 0.438. The summed E-state index contributed by atoms with van der Waals surface area (Å²) in [6.07, 6.45) is 4.39. The first-order chi connectivity index (χ1) is 11.4. The Balaban J connectivity index is 1.98. The molecule has 0 aliphatic heterocycles. The van der Waals surface area contributed by atoms with E-state index in [0.717, 1.165) is 11.3 Å². The normalized spacial score (nSPS) is 12.2. The number of pyridine rings is 1. The fourth-order valence-electron chi connectivity index (χ4n) is 2.41. The molecule has 2 heterocycles. The number of hydrogen-bond donors (Lipinski definition) is 1. The summed E-state index contributed by atoms with van der Waals surface area (Å²) in [6.45, 7) is 6.30. The Morgan fingerprint density at radius 3 is 2.79 bits per heavy atom. The lowest BCUT2D eigenvalue weighted by molar-refractivity contribution is -0.385. The van der Waals surface area contributed by atoms with Crippen LogP contribution in [0.5, 0.6) is 0 Å². The first-order valence-electron chi connectivity index (χ1n) is 7.76. The molecule has 0 spiro atoms. The average molecular weight is 331 g/mol. The maximum absolute atomic E-state index is 12.2. The van der Waals surface area contributed by atoms with Crippen molar-refractivity contribution >= 4 is 11.6 Å². The number of nitrogens with one attached hydrogen (secondary N) is 1. The Labute approximate surface area is 140 Å². The minimum absolute atomic E-state index is 0.0837. The number of nitro groups is 1. The third-order valence-electron chi connectivity index (χ3n) is 3.73. The molecule has 0 unspecified atom stereocenters. The quantitative estimate of drug-likeness (QED) is 0.620. The Bertz CT molecular complexity index is 726. The summed E-state index contributed by atoms with van der Waals surface area (Å²) in [7, 11) is 0. The second kappa shape index (κ2) is 7.67. The van der Waals surface area contributed by atoms with Crippen molar-refractivity contribution in [2.45, 2.75) is 39.8 Å². The van der Waals surface area contributed by atoms with E-state index in [2.05, 4.69) is 15.4 Å². The molecule has 0 fully saturated rings. The van der Waals surface area contributed by atoms with Gasteiger partial charge in [0.25, 0.3) is 0 Å². The van der Waals surface area contributed by atoms with Crippen LogP contribution >= 0.6 is 0 Å². The summed E-state index contributed by atoms with van der Waals surface area (Å²) >= 11 is 0. The molecule has 24 heavy (non-hydrogen) atoms. The lowest BCUT2D eigenvalue weighted by atomic mass is 9.97. The highest BCUT2D eigenvalue weighted by atomic mass is 16.6. The monoisotopic (exact) mass is 331 g/mol.